The molecule has 1 aromatic carbocycles. The molecule has 1 aliphatic rings. The Morgan fingerprint density at radius 3 is 2.46 bits per heavy atom. The van der Waals surface area contributed by atoms with Gasteiger partial charge in [0.15, 0.2) is 0 Å². The summed E-state index contributed by atoms with van der Waals surface area (Å²) in [4.78, 5) is 17.2. The molecular weight excluding hydrogens is 332 g/mol. The van der Waals surface area contributed by atoms with Crippen LogP contribution >= 0.6 is 0 Å². The lowest BCUT2D eigenvalue weighted by Crippen LogP contribution is -2.48. The van der Waals surface area contributed by atoms with E-state index in [1.807, 2.05) is 29.2 Å². The molecule has 140 valence electrons. The number of nitrogens with zero attached hydrogens (tertiary/aromatic N) is 4. The van der Waals surface area contributed by atoms with Gasteiger partial charge >= 0.3 is 0 Å². The Morgan fingerprint density at radius 1 is 1.12 bits per heavy atom. The number of rotatable bonds is 5. The van der Waals surface area contributed by atoms with E-state index in [9.17, 15) is 4.79 Å². The van der Waals surface area contributed by atoms with Crippen LogP contribution in [0.15, 0.2) is 24.3 Å². The number of piperazine rings is 1. The average Bonchev–Trinajstić information content (AvgIpc) is 3.08. The van der Waals surface area contributed by atoms with Crippen molar-refractivity contribution >= 4 is 5.91 Å². The van der Waals surface area contributed by atoms with Crippen LogP contribution in [-0.2, 0) is 7.05 Å². The summed E-state index contributed by atoms with van der Waals surface area (Å²) in [6.07, 6.45) is 0. The predicted octanol–water partition coefficient (Wildman–Crippen LogP) is 1.88. The molecule has 0 bridgehead atoms. The third kappa shape index (κ3) is 3.53. The topological polar surface area (TPSA) is 59.8 Å². The number of likely N-dealkylation sites (N-methyl/N-ethyl adjacent to an activating group) is 1. The second-order valence-corrected chi connectivity index (χ2v) is 6.33. The molecule has 0 saturated carbocycles. The van der Waals surface area contributed by atoms with Gasteiger partial charge in [-0.15, -0.1) is 0 Å². The fraction of sp³-hybridized carbons (Fsp3) is 0.474. The first-order chi connectivity index (χ1) is 12.6. The van der Waals surface area contributed by atoms with Crippen LogP contribution in [0.2, 0.25) is 0 Å². The highest BCUT2D eigenvalue weighted by Crippen LogP contribution is 2.33. The monoisotopic (exact) mass is 358 g/mol. The summed E-state index contributed by atoms with van der Waals surface area (Å²) in [5.74, 6) is 1.40. The van der Waals surface area contributed by atoms with E-state index in [1.54, 1.807) is 25.9 Å². The molecule has 7 heteroatoms. The summed E-state index contributed by atoms with van der Waals surface area (Å²) in [7, 11) is 5.03. The molecule has 1 fully saturated rings. The standard InChI is InChI=1S/C19H26N4O3/c1-5-22-8-10-23(11-9-22)19(24)17-13-16(20-21(17)2)15-7-6-14(25-3)12-18(15)26-4/h6-7,12-13H,5,8-11H2,1-4H3. The molecule has 0 radical (unpaired) electrons. The lowest BCUT2D eigenvalue weighted by molar-refractivity contribution is 0.0632. The third-order valence-corrected chi connectivity index (χ3v) is 4.89. The third-order valence-electron chi connectivity index (χ3n) is 4.89. The van der Waals surface area contributed by atoms with Crippen LogP contribution < -0.4 is 9.47 Å². The molecular formula is C19H26N4O3. The molecule has 0 aliphatic carbocycles. The SMILES string of the molecule is CCN1CCN(C(=O)c2cc(-c3ccc(OC)cc3OC)nn2C)CC1. The maximum Gasteiger partial charge on any atom is 0.272 e. The van der Waals surface area contributed by atoms with Crippen molar-refractivity contribution in [2.75, 3.05) is 46.9 Å². The zero-order valence-electron chi connectivity index (χ0n) is 15.9. The van der Waals surface area contributed by atoms with Gasteiger partial charge in [0.05, 0.1) is 19.9 Å². The van der Waals surface area contributed by atoms with Gasteiger partial charge in [-0.25, -0.2) is 0 Å². The normalized spacial score (nSPS) is 15.2. The molecule has 0 unspecified atom stereocenters. The molecule has 1 saturated heterocycles. The predicted molar refractivity (Wildman–Crippen MR) is 99.8 cm³/mol. The number of ether oxygens (including phenoxy) is 2. The first-order valence-corrected chi connectivity index (χ1v) is 8.85. The van der Waals surface area contributed by atoms with E-state index in [4.69, 9.17) is 9.47 Å². The van der Waals surface area contributed by atoms with Gasteiger partial charge in [-0.1, -0.05) is 6.92 Å². The molecule has 0 atom stereocenters. The van der Waals surface area contributed by atoms with Crippen molar-refractivity contribution in [1.82, 2.24) is 19.6 Å². The molecule has 3 rings (SSSR count). The van der Waals surface area contributed by atoms with Crippen LogP contribution in [0, 0.1) is 0 Å². The van der Waals surface area contributed by atoms with Gasteiger partial charge in [0.1, 0.15) is 17.2 Å². The Bertz CT molecular complexity index is 779. The Hall–Kier alpha value is -2.54. The summed E-state index contributed by atoms with van der Waals surface area (Å²) in [5, 5.41) is 4.53. The quantitative estimate of drug-likeness (QED) is 0.817. The molecule has 1 amide bonds. The zero-order valence-corrected chi connectivity index (χ0v) is 15.9. The van der Waals surface area contributed by atoms with E-state index in [0.717, 1.165) is 38.3 Å². The average molecular weight is 358 g/mol. The maximum atomic E-state index is 12.9. The van der Waals surface area contributed by atoms with E-state index in [-0.39, 0.29) is 5.91 Å². The molecule has 1 aliphatic heterocycles. The van der Waals surface area contributed by atoms with Gasteiger partial charge in [-0.2, -0.15) is 5.10 Å². The number of hydrogen-bond acceptors (Lipinski definition) is 5. The van der Waals surface area contributed by atoms with Crippen LogP contribution in [0.5, 0.6) is 11.5 Å². The molecule has 2 aromatic rings. The van der Waals surface area contributed by atoms with Crippen LogP contribution in [0.1, 0.15) is 17.4 Å². The van der Waals surface area contributed by atoms with Crippen LogP contribution in [0.3, 0.4) is 0 Å². The number of carbonyl (C=O) groups is 1. The largest absolute Gasteiger partial charge is 0.497 e. The second-order valence-electron chi connectivity index (χ2n) is 6.33. The highest BCUT2D eigenvalue weighted by Gasteiger charge is 2.25. The van der Waals surface area contributed by atoms with E-state index in [1.165, 1.54) is 0 Å². The molecule has 7 nitrogen and oxygen atoms in total. The molecule has 1 aromatic heterocycles. The minimum absolute atomic E-state index is 0.0227. The van der Waals surface area contributed by atoms with E-state index in [0.29, 0.717) is 22.9 Å². The lowest BCUT2D eigenvalue weighted by Gasteiger charge is -2.33. The van der Waals surface area contributed by atoms with Gasteiger partial charge in [0.25, 0.3) is 5.91 Å². The highest BCUT2D eigenvalue weighted by atomic mass is 16.5. The Balaban J connectivity index is 1.84. The Labute approximate surface area is 154 Å². The maximum absolute atomic E-state index is 12.9. The summed E-state index contributed by atoms with van der Waals surface area (Å²) >= 11 is 0. The minimum Gasteiger partial charge on any atom is -0.497 e. The van der Waals surface area contributed by atoms with E-state index >= 15 is 0 Å². The van der Waals surface area contributed by atoms with Crippen molar-refractivity contribution in [2.24, 2.45) is 7.05 Å². The van der Waals surface area contributed by atoms with Crippen molar-refractivity contribution in [3.05, 3.63) is 30.0 Å². The summed E-state index contributed by atoms with van der Waals surface area (Å²) in [5.41, 5.74) is 2.13. The van der Waals surface area contributed by atoms with Crippen LogP contribution in [0.25, 0.3) is 11.3 Å². The van der Waals surface area contributed by atoms with Crippen molar-refractivity contribution in [3.63, 3.8) is 0 Å². The second kappa shape index (κ2) is 7.78. The summed E-state index contributed by atoms with van der Waals surface area (Å²) < 4.78 is 12.4. The lowest BCUT2D eigenvalue weighted by atomic mass is 10.1. The number of methoxy groups -OCH3 is 2. The number of hydrogen-bond donors (Lipinski definition) is 0. The van der Waals surface area contributed by atoms with E-state index < -0.39 is 0 Å². The van der Waals surface area contributed by atoms with E-state index in [2.05, 4.69) is 16.9 Å². The van der Waals surface area contributed by atoms with Gasteiger partial charge < -0.3 is 19.3 Å². The van der Waals surface area contributed by atoms with Gasteiger partial charge in [-0.05, 0) is 24.7 Å². The van der Waals surface area contributed by atoms with Crippen molar-refractivity contribution in [1.29, 1.82) is 0 Å². The van der Waals surface area contributed by atoms with Crippen molar-refractivity contribution in [3.8, 4) is 22.8 Å². The number of carbonyl (C=O) groups excluding carboxylic acids is 1. The fourth-order valence-corrected chi connectivity index (χ4v) is 3.24. The number of aromatic nitrogens is 2. The Kier molecular flexibility index (Phi) is 5.46. The summed E-state index contributed by atoms with van der Waals surface area (Å²) in [6, 6.07) is 7.40. The van der Waals surface area contributed by atoms with Gasteiger partial charge in [0.2, 0.25) is 0 Å². The number of benzene rings is 1. The minimum atomic E-state index is 0.0227. The number of amides is 1. The first-order valence-electron chi connectivity index (χ1n) is 8.85. The highest BCUT2D eigenvalue weighted by molar-refractivity contribution is 5.94. The summed E-state index contributed by atoms with van der Waals surface area (Å²) in [6.45, 7) is 6.50. The van der Waals surface area contributed by atoms with Crippen LogP contribution in [0.4, 0.5) is 0 Å². The zero-order chi connectivity index (χ0) is 18.7. The smallest absolute Gasteiger partial charge is 0.272 e. The number of aryl methyl sites for hydroxylation is 1. The molecule has 26 heavy (non-hydrogen) atoms. The molecule has 0 N–H and O–H groups in total. The van der Waals surface area contributed by atoms with Gasteiger partial charge in [-0.3, -0.25) is 9.48 Å². The van der Waals surface area contributed by atoms with Gasteiger partial charge in [0, 0.05) is 44.9 Å². The van der Waals surface area contributed by atoms with Crippen molar-refractivity contribution < 1.29 is 14.3 Å². The van der Waals surface area contributed by atoms with Crippen molar-refractivity contribution in [2.45, 2.75) is 6.92 Å². The van der Waals surface area contributed by atoms with Crippen LogP contribution in [-0.4, -0.2) is 72.4 Å². The first kappa shape index (κ1) is 18.3. The molecule has 0 spiro atoms. The molecule has 2 heterocycles. The Morgan fingerprint density at radius 2 is 1.85 bits per heavy atom. The fourth-order valence-electron chi connectivity index (χ4n) is 3.24.